The number of carbonyl (C=O) groups is 1. The molecule has 0 atom stereocenters. The van der Waals surface area contributed by atoms with Crippen molar-refractivity contribution < 1.29 is 9.21 Å². The Morgan fingerprint density at radius 2 is 2.26 bits per heavy atom. The van der Waals surface area contributed by atoms with Gasteiger partial charge < -0.3 is 9.73 Å². The van der Waals surface area contributed by atoms with Crippen LogP contribution in [0.15, 0.2) is 41.1 Å². The van der Waals surface area contributed by atoms with Gasteiger partial charge in [-0.1, -0.05) is 12.5 Å². The number of carbonyl (C=O) groups excluding carboxylic acids is 1. The number of hydrogen-bond donors (Lipinski definition) is 1. The van der Waals surface area contributed by atoms with Gasteiger partial charge >= 0.3 is 0 Å². The van der Waals surface area contributed by atoms with E-state index in [2.05, 4.69) is 10.3 Å². The second-order valence-electron chi connectivity index (χ2n) is 4.87. The maximum atomic E-state index is 11.7. The highest BCUT2D eigenvalue weighted by Gasteiger charge is 2.24. The number of pyridine rings is 1. The number of nitrogens with one attached hydrogen (secondary N) is 1. The van der Waals surface area contributed by atoms with Crippen LogP contribution in [0.1, 0.15) is 24.8 Å². The zero-order valence-electron chi connectivity index (χ0n) is 10.6. The van der Waals surface area contributed by atoms with E-state index in [1.165, 1.54) is 6.42 Å². The first-order valence-corrected chi connectivity index (χ1v) is 6.59. The van der Waals surface area contributed by atoms with E-state index in [0.717, 1.165) is 29.9 Å². The number of rotatable bonds is 4. The Kier molecular flexibility index (Phi) is 3.31. The molecule has 1 aliphatic rings. The Morgan fingerprint density at radius 3 is 2.84 bits per heavy atom. The lowest BCUT2D eigenvalue weighted by Crippen LogP contribution is -2.33. The van der Waals surface area contributed by atoms with Crippen LogP contribution in [0.2, 0.25) is 0 Å². The fourth-order valence-corrected chi connectivity index (χ4v) is 2.10. The Hall–Kier alpha value is -2.10. The first-order valence-electron chi connectivity index (χ1n) is 6.59. The number of hydrogen-bond acceptors (Lipinski definition) is 3. The Bertz CT molecular complexity index is 542. The zero-order chi connectivity index (χ0) is 13.1. The van der Waals surface area contributed by atoms with Crippen LogP contribution in [0.25, 0.3) is 11.5 Å². The van der Waals surface area contributed by atoms with Crippen molar-refractivity contribution in [1.29, 1.82) is 0 Å². The van der Waals surface area contributed by atoms with Crippen molar-refractivity contribution in [3.8, 4) is 11.5 Å². The zero-order valence-corrected chi connectivity index (χ0v) is 10.6. The minimum atomic E-state index is 0.168. The second kappa shape index (κ2) is 5.26. The van der Waals surface area contributed by atoms with Gasteiger partial charge in [-0.15, -0.1) is 0 Å². The summed E-state index contributed by atoms with van der Waals surface area (Å²) < 4.78 is 5.28. The van der Waals surface area contributed by atoms with Crippen molar-refractivity contribution in [1.82, 2.24) is 10.3 Å². The molecule has 0 spiro atoms. The average Bonchev–Trinajstić information content (AvgIpc) is 2.89. The SMILES string of the molecule is O=C(NCc1ccc(-c2ccco2)nc1)C1CCC1. The van der Waals surface area contributed by atoms with Gasteiger partial charge in [0.2, 0.25) is 5.91 Å². The van der Waals surface area contributed by atoms with Crippen LogP contribution < -0.4 is 5.32 Å². The van der Waals surface area contributed by atoms with Crippen LogP contribution in [-0.4, -0.2) is 10.9 Å². The molecule has 4 heteroatoms. The second-order valence-corrected chi connectivity index (χ2v) is 4.87. The molecule has 0 saturated heterocycles. The fraction of sp³-hybridized carbons (Fsp3) is 0.333. The van der Waals surface area contributed by atoms with Gasteiger partial charge in [-0.05, 0) is 36.6 Å². The summed E-state index contributed by atoms with van der Waals surface area (Å²) in [6.07, 6.45) is 6.64. The summed E-state index contributed by atoms with van der Waals surface area (Å²) in [5.41, 5.74) is 1.81. The van der Waals surface area contributed by atoms with Gasteiger partial charge in [0.1, 0.15) is 5.69 Å². The lowest BCUT2D eigenvalue weighted by molar-refractivity contribution is -0.127. The molecular weight excluding hydrogens is 240 g/mol. The lowest BCUT2D eigenvalue weighted by Gasteiger charge is -2.23. The molecular formula is C15H16N2O2. The Labute approximate surface area is 111 Å². The average molecular weight is 256 g/mol. The van der Waals surface area contributed by atoms with Gasteiger partial charge in [0.25, 0.3) is 0 Å². The number of furan rings is 1. The molecule has 1 amide bonds. The maximum absolute atomic E-state index is 11.7. The van der Waals surface area contributed by atoms with E-state index in [1.54, 1.807) is 12.5 Å². The Morgan fingerprint density at radius 1 is 1.37 bits per heavy atom. The normalized spacial score (nSPS) is 14.9. The Balaban J connectivity index is 1.58. The van der Waals surface area contributed by atoms with E-state index in [4.69, 9.17) is 4.42 Å². The van der Waals surface area contributed by atoms with E-state index in [9.17, 15) is 4.79 Å². The predicted octanol–water partition coefficient (Wildman–Crippen LogP) is 2.76. The summed E-state index contributed by atoms with van der Waals surface area (Å²) in [6, 6.07) is 7.58. The van der Waals surface area contributed by atoms with E-state index in [0.29, 0.717) is 6.54 Å². The van der Waals surface area contributed by atoms with Crippen molar-refractivity contribution in [2.45, 2.75) is 25.8 Å². The minimum Gasteiger partial charge on any atom is -0.463 e. The number of aromatic nitrogens is 1. The molecule has 2 aromatic rings. The first kappa shape index (κ1) is 12.0. The maximum Gasteiger partial charge on any atom is 0.223 e. The molecule has 2 heterocycles. The van der Waals surface area contributed by atoms with Crippen molar-refractivity contribution in [3.05, 3.63) is 42.3 Å². The van der Waals surface area contributed by atoms with E-state index in [-0.39, 0.29) is 11.8 Å². The first-order chi connectivity index (χ1) is 9.33. The standard InChI is InChI=1S/C15H16N2O2/c18-15(12-3-1-4-12)17-10-11-6-7-13(16-9-11)14-5-2-8-19-14/h2,5-9,12H,1,3-4,10H2,(H,17,18). The van der Waals surface area contributed by atoms with Crippen molar-refractivity contribution >= 4 is 5.91 Å². The van der Waals surface area contributed by atoms with E-state index >= 15 is 0 Å². The van der Waals surface area contributed by atoms with Gasteiger partial charge in [-0.2, -0.15) is 0 Å². The molecule has 1 saturated carbocycles. The molecule has 3 rings (SSSR count). The van der Waals surface area contributed by atoms with Crippen LogP contribution >= 0.6 is 0 Å². The van der Waals surface area contributed by atoms with E-state index in [1.807, 2.05) is 24.3 Å². The summed E-state index contributed by atoms with van der Waals surface area (Å²) in [4.78, 5) is 16.0. The third-order valence-electron chi connectivity index (χ3n) is 3.54. The minimum absolute atomic E-state index is 0.168. The number of amides is 1. The monoisotopic (exact) mass is 256 g/mol. The molecule has 4 nitrogen and oxygen atoms in total. The molecule has 0 unspecified atom stereocenters. The molecule has 19 heavy (non-hydrogen) atoms. The van der Waals surface area contributed by atoms with Gasteiger partial charge in [-0.25, -0.2) is 0 Å². The molecule has 1 aliphatic carbocycles. The quantitative estimate of drug-likeness (QED) is 0.915. The predicted molar refractivity (Wildman–Crippen MR) is 71.1 cm³/mol. The molecule has 0 aromatic carbocycles. The molecule has 0 bridgehead atoms. The molecule has 2 aromatic heterocycles. The van der Waals surface area contributed by atoms with Gasteiger partial charge in [-0.3, -0.25) is 9.78 Å². The van der Waals surface area contributed by atoms with Crippen LogP contribution in [0, 0.1) is 5.92 Å². The third-order valence-corrected chi connectivity index (χ3v) is 3.54. The molecule has 0 radical (unpaired) electrons. The van der Waals surface area contributed by atoms with Crippen LogP contribution in [0.5, 0.6) is 0 Å². The van der Waals surface area contributed by atoms with Crippen LogP contribution in [0.4, 0.5) is 0 Å². The van der Waals surface area contributed by atoms with Crippen molar-refractivity contribution in [2.75, 3.05) is 0 Å². The third kappa shape index (κ3) is 2.67. The molecule has 98 valence electrons. The van der Waals surface area contributed by atoms with Gasteiger partial charge in [0.05, 0.1) is 6.26 Å². The molecule has 0 aliphatic heterocycles. The van der Waals surface area contributed by atoms with Crippen molar-refractivity contribution in [2.24, 2.45) is 5.92 Å². The van der Waals surface area contributed by atoms with Crippen LogP contribution in [-0.2, 0) is 11.3 Å². The highest BCUT2D eigenvalue weighted by molar-refractivity contribution is 5.79. The molecule has 1 N–H and O–H groups in total. The lowest BCUT2D eigenvalue weighted by atomic mass is 9.85. The molecule has 1 fully saturated rings. The fourth-order valence-electron chi connectivity index (χ4n) is 2.10. The highest BCUT2D eigenvalue weighted by Crippen LogP contribution is 2.26. The van der Waals surface area contributed by atoms with Crippen LogP contribution in [0.3, 0.4) is 0 Å². The van der Waals surface area contributed by atoms with Crippen molar-refractivity contribution in [3.63, 3.8) is 0 Å². The van der Waals surface area contributed by atoms with Gasteiger partial charge in [0.15, 0.2) is 5.76 Å². The smallest absolute Gasteiger partial charge is 0.223 e. The largest absolute Gasteiger partial charge is 0.463 e. The summed E-state index contributed by atoms with van der Waals surface area (Å²) in [5.74, 6) is 1.15. The summed E-state index contributed by atoms with van der Waals surface area (Å²) >= 11 is 0. The van der Waals surface area contributed by atoms with Gasteiger partial charge in [0, 0.05) is 18.7 Å². The summed E-state index contributed by atoms with van der Waals surface area (Å²) in [7, 11) is 0. The highest BCUT2D eigenvalue weighted by atomic mass is 16.3. The van der Waals surface area contributed by atoms with E-state index < -0.39 is 0 Å². The summed E-state index contributed by atoms with van der Waals surface area (Å²) in [6.45, 7) is 0.542. The topological polar surface area (TPSA) is 55.1 Å². The summed E-state index contributed by atoms with van der Waals surface area (Å²) in [5, 5.41) is 2.95. The number of nitrogens with zero attached hydrogens (tertiary/aromatic N) is 1.